The monoisotopic (exact) mass is 347 g/mol. The first kappa shape index (κ1) is 16.3. The molecule has 2 aromatic heterocycles. The lowest BCUT2D eigenvalue weighted by Crippen LogP contribution is -2.09. The van der Waals surface area contributed by atoms with E-state index in [0.717, 1.165) is 22.5 Å². The Morgan fingerprint density at radius 2 is 1.83 bits per heavy atom. The standard InChI is InChI=1S/C16H17N3O4S/c1-22-14-7-16-17-9-13(19(16)10-15(14)23-2)12-5-3-11(4-6-12)8-18-24(20)21/h3-7,9-10,24H,8H2,1-2H3,(H,18,20,21). The van der Waals surface area contributed by atoms with E-state index in [0.29, 0.717) is 11.5 Å². The summed E-state index contributed by atoms with van der Waals surface area (Å²) in [5.74, 6) is 1.24. The lowest BCUT2D eigenvalue weighted by atomic mass is 10.1. The van der Waals surface area contributed by atoms with Crippen molar-refractivity contribution in [2.24, 2.45) is 0 Å². The van der Waals surface area contributed by atoms with Crippen molar-refractivity contribution in [2.75, 3.05) is 14.2 Å². The Bertz CT molecular complexity index is 924. The molecule has 0 bridgehead atoms. The molecule has 2 heterocycles. The number of hydrogen-bond acceptors (Lipinski definition) is 5. The number of benzene rings is 1. The van der Waals surface area contributed by atoms with E-state index in [4.69, 9.17) is 9.47 Å². The van der Waals surface area contributed by atoms with Gasteiger partial charge in [-0.1, -0.05) is 24.3 Å². The van der Waals surface area contributed by atoms with Crippen molar-refractivity contribution in [3.05, 3.63) is 48.3 Å². The zero-order valence-electron chi connectivity index (χ0n) is 13.2. The Kier molecular flexibility index (Phi) is 4.68. The minimum Gasteiger partial charge on any atom is -0.493 e. The lowest BCUT2D eigenvalue weighted by molar-refractivity contribution is 0.353. The maximum absolute atomic E-state index is 10.6. The smallest absolute Gasteiger partial charge is 0.201 e. The summed E-state index contributed by atoms with van der Waals surface area (Å²) >= 11 is 0. The van der Waals surface area contributed by atoms with Crippen LogP contribution in [-0.4, -0.2) is 32.0 Å². The third-order valence-corrected chi connectivity index (χ3v) is 4.09. The highest BCUT2D eigenvalue weighted by Gasteiger charge is 2.11. The molecule has 0 saturated heterocycles. The third-order valence-electron chi connectivity index (χ3n) is 3.68. The fraction of sp³-hybridized carbons (Fsp3) is 0.188. The van der Waals surface area contributed by atoms with Crippen LogP contribution in [0.1, 0.15) is 5.56 Å². The molecule has 8 heteroatoms. The van der Waals surface area contributed by atoms with Gasteiger partial charge in [0.1, 0.15) is 5.65 Å². The average molecular weight is 347 g/mol. The maximum atomic E-state index is 10.6. The van der Waals surface area contributed by atoms with E-state index < -0.39 is 10.9 Å². The van der Waals surface area contributed by atoms with Crippen LogP contribution >= 0.6 is 0 Å². The van der Waals surface area contributed by atoms with Gasteiger partial charge in [0, 0.05) is 18.2 Å². The second-order valence-electron chi connectivity index (χ2n) is 5.07. The minimum atomic E-state index is -2.59. The Hall–Kier alpha value is -2.58. The number of aromatic nitrogens is 2. The van der Waals surface area contributed by atoms with Crippen LogP contribution in [0.2, 0.25) is 0 Å². The zero-order chi connectivity index (χ0) is 17.1. The average Bonchev–Trinajstić information content (AvgIpc) is 3.01. The van der Waals surface area contributed by atoms with Crippen molar-refractivity contribution < 1.29 is 17.9 Å². The normalized spacial score (nSPS) is 11.1. The van der Waals surface area contributed by atoms with Gasteiger partial charge in [-0.3, -0.25) is 4.40 Å². The highest BCUT2D eigenvalue weighted by Crippen LogP contribution is 2.30. The van der Waals surface area contributed by atoms with E-state index in [1.54, 1.807) is 20.4 Å². The van der Waals surface area contributed by atoms with Crippen LogP contribution in [0.15, 0.2) is 42.7 Å². The van der Waals surface area contributed by atoms with Gasteiger partial charge in [-0.2, -0.15) is 0 Å². The summed E-state index contributed by atoms with van der Waals surface area (Å²) in [5.41, 5.74) is 3.49. The Labute approximate surface area is 140 Å². The molecule has 0 spiro atoms. The Morgan fingerprint density at radius 3 is 2.46 bits per heavy atom. The van der Waals surface area contributed by atoms with E-state index >= 15 is 0 Å². The number of pyridine rings is 1. The van der Waals surface area contributed by atoms with Gasteiger partial charge in [0.05, 0.1) is 32.3 Å². The predicted octanol–water partition coefficient (Wildman–Crippen LogP) is 1.63. The number of nitrogens with one attached hydrogen (secondary N) is 1. The number of thiol groups is 1. The summed E-state index contributed by atoms with van der Waals surface area (Å²) in [6, 6.07) is 9.41. The van der Waals surface area contributed by atoms with Crippen molar-refractivity contribution in [2.45, 2.75) is 6.54 Å². The van der Waals surface area contributed by atoms with Gasteiger partial charge in [-0.15, -0.1) is 0 Å². The number of nitrogens with zero attached hydrogens (tertiary/aromatic N) is 2. The molecule has 0 fully saturated rings. The summed E-state index contributed by atoms with van der Waals surface area (Å²) < 4.78 is 36.1. The summed E-state index contributed by atoms with van der Waals surface area (Å²) in [6.07, 6.45) is 3.60. The van der Waals surface area contributed by atoms with Crippen LogP contribution in [-0.2, 0) is 17.4 Å². The van der Waals surface area contributed by atoms with Gasteiger partial charge in [0.2, 0.25) is 10.9 Å². The minimum absolute atomic E-state index is 0.275. The van der Waals surface area contributed by atoms with Crippen molar-refractivity contribution >= 4 is 16.5 Å². The first-order valence-corrected chi connectivity index (χ1v) is 8.36. The molecule has 0 atom stereocenters. The molecular formula is C16H17N3O4S. The molecule has 0 unspecified atom stereocenters. The van der Waals surface area contributed by atoms with Crippen LogP contribution in [0.25, 0.3) is 16.9 Å². The predicted molar refractivity (Wildman–Crippen MR) is 90.9 cm³/mol. The number of ether oxygens (including phenoxy) is 2. The molecule has 7 nitrogen and oxygen atoms in total. The van der Waals surface area contributed by atoms with Gasteiger partial charge >= 0.3 is 0 Å². The van der Waals surface area contributed by atoms with E-state index in [2.05, 4.69) is 9.71 Å². The second-order valence-corrected chi connectivity index (χ2v) is 5.90. The highest BCUT2D eigenvalue weighted by atomic mass is 32.2. The van der Waals surface area contributed by atoms with E-state index in [-0.39, 0.29) is 6.54 Å². The fourth-order valence-corrected chi connectivity index (χ4v) is 2.77. The third kappa shape index (κ3) is 3.19. The molecule has 0 aliphatic carbocycles. The summed E-state index contributed by atoms with van der Waals surface area (Å²) in [5, 5.41) is 0. The Morgan fingerprint density at radius 1 is 1.12 bits per heavy atom. The highest BCUT2D eigenvalue weighted by molar-refractivity contribution is 7.70. The molecule has 3 aromatic rings. The molecule has 3 rings (SSSR count). The molecule has 0 aliphatic rings. The SMILES string of the molecule is COc1cc2ncc(-c3ccc(CN[SH](=O)=O)cc3)n2cc1OC. The van der Waals surface area contributed by atoms with Gasteiger partial charge in [0.25, 0.3) is 0 Å². The maximum Gasteiger partial charge on any atom is 0.201 e. The molecule has 1 N–H and O–H groups in total. The molecule has 0 radical (unpaired) electrons. The summed E-state index contributed by atoms with van der Waals surface area (Å²) in [4.78, 5) is 4.40. The quantitative estimate of drug-likeness (QED) is 0.663. The number of hydrogen-bond donors (Lipinski definition) is 2. The number of imidazole rings is 1. The molecule has 0 amide bonds. The first-order valence-electron chi connectivity index (χ1n) is 7.18. The molecule has 24 heavy (non-hydrogen) atoms. The van der Waals surface area contributed by atoms with Gasteiger partial charge in [0.15, 0.2) is 11.5 Å². The van der Waals surface area contributed by atoms with E-state index in [1.807, 2.05) is 40.9 Å². The fourth-order valence-electron chi connectivity index (χ4n) is 2.46. The number of methoxy groups -OCH3 is 2. The van der Waals surface area contributed by atoms with Crippen molar-refractivity contribution in [1.82, 2.24) is 14.1 Å². The van der Waals surface area contributed by atoms with Crippen LogP contribution < -0.4 is 14.2 Å². The van der Waals surface area contributed by atoms with E-state index in [9.17, 15) is 8.42 Å². The van der Waals surface area contributed by atoms with Gasteiger partial charge < -0.3 is 9.47 Å². The van der Waals surface area contributed by atoms with Gasteiger partial charge in [-0.25, -0.2) is 18.1 Å². The molecule has 126 valence electrons. The van der Waals surface area contributed by atoms with Crippen LogP contribution in [0.4, 0.5) is 0 Å². The topological polar surface area (TPSA) is 81.9 Å². The van der Waals surface area contributed by atoms with Crippen LogP contribution in [0.3, 0.4) is 0 Å². The molecule has 1 aromatic carbocycles. The van der Waals surface area contributed by atoms with Crippen LogP contribution in [0.5, 0.6) is 11.5 Å². The first-order chi connectivity index (χ1) is 11.6. The molecule has 0 saturated carbocycles. The summed E-state index contributed by atoms with van der Waals surface area (Å²) in [7, 11) is 0.578. The van der Waals surface area contributed by atoms with Crippen molar-refractivity contribution in [1.29, 1.82) is 0 Å². The number of rotatable bonds is 6. The number of fused-ring (bicyclic) bond motifs is 1. The molecular weight excluding hydrogens is 330 g/mol. The lowest BCUT2D eigenvalue weighted by Gasteiger charge is -2.09. The summed E-state index contributed by atoms with van der Waals surface area (Å²) in [6.45, 7) is 0.275. The Balaban J connectivity index is 1.97. The zero-order valence-corrected chi connectivity index (χ0v) is 14.1. The second kappa shape index (κ2) is 6.90. The van der Waals surface area contributed by atoms with Gasteiger partial charge in [-0.05, 0) is 5.56 Å². The largest absolute Gasteiger partial charge is 0.493 e. The molecule has 0 aliphatic heterocycles. The van der Waals surface area contributed by atoms with E-state index in [1.165, 1.54) is 0 Å². The van der Waals surface area contributed by atoms with Crippen LogP contribution in [0, 0.1) is 0 Å². The van der Waals surface area contributed by atoms with Crippen molar-refractivity contribution in [3.63, 3.8) is 0 Å². The van der Waals surface area contributed by atoms with Crippen molar-refractivity contribution in [3.8, 4) is 22.8 Å².